The van der Waals surface area contributed by atoms with Gasteiger partial charge in [0.1, 0.15) is 13.2 Å². The van der Waals surface area contributed by atoms with Crippen LogP contribution in [-0.4, -0.2) is 44.0 Å². The number of fused-ring (bicyclic) bond motifs is 1. The lowest BCUT2D eigenvalue weighted by molar-refractivity contribution is -0.145. The topological polar surface area (TPSA) is 88.9 Å². The number of halogens is 1. The lowest BCUT2D eigenvalue weighted by Gasteiger charge is -2.24. The number of nitrogens with zero attached hydrogens (tertiary/aromatic N) is 2. The molecule has 0 aromatic heterocycles. The minimum Gasteiger partial charge on any atom is -0.486 e. The molecule has 2 aromatic rings. The summed E-state index contributed by atoms with van der Waals surface area (Å²) < 4.78 is 16.2. The van der Waals surface area contributed by atoms with Crippen molar-refractivity contribution in [3.05, 3.63) is 47.5 Å². The Morgan fingerprint density at radius 2 is 1.87 bits per heavy atom. The van der Waals surface area contributed by atoms with Gasteiger partial charge in [-0.05, 0) is 36.4 Å². The van der Waals surface area contributed by atoms with Crippen molar-refractivity contribution < 1.29 is 23.8 Å². The van der Waals surface area contributed by atoms with Crippen molar-refractivity contribution in [2.45, 2.75) is 11.3 Å². The standard InChI is InChI=1S/C21H19ClN2O5S/c22-15-2-5-17(6-3-15)30-14-21(26)29-13-20(25)24(9-1-8-23)16-4-7-18-19(12-16)28-11-10-27-18/h2-7,12H,1,9-11,13-14H2. The summed E-state index contributed by atoms with van der Waals surface area (Å²) in [7, 11) is 0. The second kappa shape index (κ2) is 10.8. The average Bonchev–Trinajstić information content (AvgIpc) is 2.77. The summed E-state index contributed by atoms with van der Waals surface area (Å²) in [6.45, 7) is 0.644. The number of benzene rings is 2. The second-order valence-corrected chi connectivity index (χ2v) is 7.67. The Kier molecular flexibility index (Phi) is 7.82. The van der Waals surface area contributed by atoms with Crippen molar-refractivity contribution >= 4 is 40.9 Å². The second-order valence-electron chi connectivity index (χ2n) is 6.18. The van der Waals surface area contributed by atoms with Gasteiger partial charge in [0, 0.05) is 28.2 Å². The molecule has 0 saturated carbocycles. The summed E-state index contributed by atoms with van der Waals surface area (Å²) in [5, 5.41) is 9.54. The number of thioether (sulfide) groups is 1. The van der Waals surface area contributed by atoms with Gasteiger partial charge < -0.3 is 19.1 Å². The molecule has 0 fully saturated rings. The molecule has 1 amide bonds. The zero-order valence-electron chi connectivity index (χ0n) is 16.0. The van der Waals surface area contributed by atoms with Crippen LogP contribution in [0.15, 0.2) is 47.4 Å². The molecule has 0 saturated heterocycles. The van der Waals surface area contributed by atoms with Gasteiger partial charge in [-0.1, -0.05) is 11.6 Å². The van der Waals surface area contributed by atoms with Gasteiger partial charge >= 0.3 is 5.97 Å². The van der Waals surface area contributed by atoms with Gasteiger partial charge in [-0.2, -0.15) is 5.26 Å². The molecule has 2 aromatic carbocycles. The number of ether oxygens (including phenoxy) is 3. The van der Waals surface area contributed by atoms with Crippen LogP contribution in [0.3, 0.4) is 0 Å². The molecule has 0 unspecified atom stereocenters. The average molecular weight is 447 g/mol. The summed E-state index contributed by atoms with van der Waals surface area (Å²) in [5.41, 5.74) is 0.547. The Hall–Kier alpha value is -2.89. The molecule has 7 nitrogen and oxygen atoms in total. The third-order valence-electron chi connectivity index (χ3n) is 4.11. The van der Waals surface area contributed by atoms with E-state index in [1.807, 2.05) is 6.07 Å². The highest BCUT2D eigenvalue weighted by atomic mass is 35.5. The first-order valence-corrected chi connectivity index (χ1v) is 10.5. The van der Waals surface area contributed by atoms with Crippen LogP contribution in [0.25, 0.3) is 0 Å². The fourth-order valence-corrected chi connectivity index (χ4v) is 3.52. The predicted molar refractivity (Wildman–Crippen MR) is 113 cm³/mol. The van der Waals surface area contributed by atoms with E-state index in [4.69, 9.17) is 31.1 Å². The van der Waals surface area contributed by atoms with E-state index < -0.39 is 18.5 Å². The minimum absolute atomic E-state index is 0.0666. The SMILES string of the molecule is N#CCCN(C(=O)COC(=O)CSc1ccc(Cl)cc1)c1ccc2c(c1)OCCO2. The number of hydrogen-bond donors (Lipinski definition) is 0. The molecule has 0 N–H and O–H groups in total. The van der Waals surface area contributed by atoms with Gasteiger partial charge in [-0.15, -0.1) is 11.8 Å². The van der Waals surface area contributed by atoms with Crippen LogP contribution in [0, 0.1) is 11.3 Å². The van der Waals surface area contributed by atoms with Gasteiger partial charge in [-0.25, -0.2) is 0 Å². The molecule has 0 radical (unpaired) electrons. The molecule has 30 heavy (non-hydrogen) atoms. The Balaban J connectivity index is 1.57. The maximum atomic E-state index is 12.7. The monoisotopic (exact) mass is 446 g/mol. The molecule has 1 aliphatic rings. The maximum absolute atomic E-state index is 12.7. The first-order valence-electron chi connectivity index (χ1n) is 9.18. The minimum atomic E-state index is -0.509. The molecule has 3 rings (SSSR count). The number of carbonyl (C=O) groups is 2. The van der Waals surface area contributed by atoms with Crippen LogP contribution >= 0.6 is 23.4 Å². The smallest absolute Gasteiger partial charge is 0.316 e. The Bertz CT molecular complexity index is 945. The molecule has 0 bridgehead atoms. The molecule has 9 heteroatoms. The molecule has 0 spiro atoms. The highest BCUT2D eigenvalue weighted by molar-refractivity contribution is 8.00. The van der Waals surface area contributed by atoms with Gasteiger partial charge in [0.15, 0.2) is 18.1 Å². The van der Waals surface area contributed by atoms with Crippen molar-refractivity contribution in [1.82, 2.24) is 0 Å². The number of hydrogen-bond acceptors (Lipinski definition) is 7. The number of nitriles is 1. The number of amides is 1. The first kappa shape index (κ1) is 21.8. The van der Waals surface area contributed by atoms with E-state index in [0.717, 1.165) is 4.90 Å². The van der Waals surface area contributed by atoms with E-state index in [2.05, 4.69) is 0 Å². The van der Waals surface area contributed by atoms with Crippen LogP contribution in [0.5, 0.6) is 11.5 Å². The number of carbonyl (C=O) groups excluding carboxylic acids is 2. The van der Waals surface area contributed by atoms with E-state index >= 15 is 0 Å². The van der Waals surface area contributed by atoms with E-state index in [1.54, 1.807) is 42.5 Å². The van der Waals surface area contributed by atoms with Crippen LogP contribution < -0.4 is 14.4 Å². The third kappa shape index (κ3) is 6.05. The van der Waals surface area contributed by atoms with Crippen LogP contribution in [0.4, 0.5) is 5.69 Å². The Labute approximate surface area is 183 Å². The normalized spacial score (nSPS) is 12.0. The number of esters is 1. The van der Waals surface area contributed by atoms with E-state index in [9.17, 15) is 9.59 Å². The van der Waals surface area contributed by atoms with Gasteiger partial charge in [-0.3, -0.25) is 9.59 Å². The molecule has 0 atom stereocenters. The van der Waals surface area contributed by atoms with Crippen LogP contribution in [0.2, 0.25) is 5.02 Å². The van der Waals surface area contributed by atoms with Crippen LogP contribution in [-0.2, 0) is 14.3 Å². The lowest BCUT2D eigenvalue weighted by atomic mass is 10.2. The largest absolute Gasteiger partial charge is 0.486 e. The molecule has 156 valence electrons. The van der Waals surface area contributed by atoms with Crippen molar-refractivity contribution in [3.8, 4) is 17.6 Å². The van der Waals surface area contributed by atoms with Crippen molar-refractivity contribution in [2.75, 3.05) is 37.0 Å². The van der Waals surface area contributed by atoms with E-state index in [0.29, 0.717) is 35.4 Å². The third-order valence-corrected chi connectivity index (χ3v) is 5.35. The van der Waals surface area contributed by atoms with Crippen molar-refractivity contribution in [1.29, 1.82) is 5.26 Å². The zero-order valence-corrected chi connectivity index (χ0v) is 17.6. The first-order chi connectivity index (χ1) is 14.6. The number of rotatable bonds is 8. The molecule has 0 aliphatic carbocycles. The summed E-state index contributed by atoms with van der Waals surface area (Å²) in [6.07, 6.45) is 0.139. The fourth-order valence-electron chi connectivity index (χ4n) is 2.69. The van der Waals surface area contributed by atoms with Crippen molar-refractivity contribution in [2.24, 2.45) is 0 Å². The summed E-state index contributed by atoms with van der Waals surface area (Å²) in [4.78, 5) is 27.0. The van der Waals surface area contributed by atoms with Crippen molar-refractivity contribution in [3.63, 3.8) is 0 Å². The van der Waals surface area contributed by atoms with Gasteiger partial charge in [0.25, 0.3) is 5.91 Å². The Morgan fingerprint density at radius 3 is 2.60 bits per heavy atom. The highest BCUT2D eigenvalue weighted by Crippen LogP contribution is 2.34. The van der Waals surface area contributed by atoms with Gasteiger partial charge in [0.2, 0.25) is 0 Å². The lowest BCUT2D eigenvalue weighted by Crippen LogP contribution is -2.35. The summed E-state index contributed by atoms with van der Waals surface area (Å²) >= 11 is 7.13. The zero-order chi connectivity index (χ0) is 21.3. The quantitative estimate of drug-likeness (QED) is 0.451. The van der Waals surface area contributed by atoms with E-state index in [-0.39, 0.29) is 18.7 Å². The Morgan fingerprint density at radius 1 is 1.13 bits per heavy atom. The van der Waals surface area contributed by atoms with E-state index in [1.165, 1.54) is 16.7 Å². The summed E-state index contributed by atoms with van der Waals surface area (Å²) in [6, 6.07) is 14.2. The molecular formula is C21H19ClN2O5S. The summed E-state index contributed by atoms with van der Waals surface area (Å²) in [5.74, 6) is 0.266. The number of anilines is 1. The fraction of sp³-hybridized carbons (Fsp3) is 0.286. The van der Waals surface area contributed by atoms with Gasteiger partial charge in [0.05, 0.1) is 18.2 Å². The maximum Gasteiger partial charge on any atom is 0.316 e. The molecule has 1 heterocycles. The molecular weight excluding hydrogens is 428 g/mol. The highest BCUT2D eigenvalue weighted by Gasteiger charge is 2.20. The molecule has 1 aliphatic heterocycles. The van der Waals surface area contributed by atoms with Crippen LogP contribution in [0.1, 0.15) is 6.42 Å². The predicted octanol–water partition coefficient (Wildman–Crippen LogP) is 3.69.